The number of aromatic nitrogens is 1. The first-order valence-electron chi connectivity index (χ1n) is 7.04. The molecule has 2 aromatic carbocycles. The molecule has 5 nitrogen and oxygen atoms in total. The molecule has 0 amide bonds. The summed E-state index contributed by atoms with van der Waals surface area (Å²) in [4.78, 5) is 12.0. The maximum absolute atomic E-state index is 12.0. The molecule has 0 spiro atoms. The Morgan fingerprint density at radius 1 is 1.17 bits per heavy atom. The van der Waals surface area contributed by atoms with Gasteiger partial charge in [0.25, 0.3) is 0 Å². The summed E-state index contributed by atoms with van der Waals surface area (Å²) < 4.78 is 10.3. The second kappa shape index (κ2) is 6.99. The summed E-state index contributed by atoms with van der Waals surface area (Å²) >= 11 is 5.85. The van der Waals surface area contributed by atoms with Crippen LogP contribution < -0.4 is 0 Å². The van der Waals surface area contributed by atoms with Gasteiger partial charge >= 0.3 is 5.97 Å². The summed E-state index contributed by atoms with van der Waals surface area (Å²) in [5.74, 6) is -0.0640. The standard InChI is InChI=1S/C18H11ClN2O3/c19-15-7-5-13(6-8-15)17-9-16(24-21-17)11-23-18(22)14-3-1-12(10-20)2-4-14/h1-9H,11H2. The molecule has 6 heteroatoms. The van der Waals surface area contributed by atoms with Crippen molar-refractivity contribution in [3.63, 3.8) is 0 Å². The fraction of sp³-hybridized carbons (Fsp3) is 0.0556. The summed E-state index contributed by atoms with van der Waals surface area (Å²) in [5.41, 5.74) is 2.34. The Kier molecular flexibility index (Phi) is 4.59. The predicted molar refractivity (Wildman–Crippen MR) is 87.2 cm³/mol. The van der Waals surface area contributed by atoms with Gasteiger partial charge in [0.2, 0.25) is 0 Å². The van der Waals surface area contributed by atoms with E-state index in [-0.39, 0.29) is 6.61 Å². The van der Waals surface area contributed by atoms with E-state index in [1.165, 1.54) is 0 Å². The van der Waals surface area contributed by atoms with Crippen LogP contribution in [-0.4, -0.2) is 11.1 Å². The molecule has 0 radical (unpaired) electrons. The lowest BCUT2D eigenvalue weighted by atomic mass is 10.1. The number of benzene rings is 2. The lowest BCUT2D eigenvalue weighted by Crippen LogP contribution is -2.04. The molecule has 0 unspecified atom stereocenters. The van der Waals surface area contributed by atoms with E-state index in [4.69, 9.17) is 26.1 Å². The van der Waals surface area contributed by atoms with Crippen LogP contribution in [0.25, 0.3) is 11.3 Å². The number of esters is 1. The molecular weight excluding hydrogens is 328 g/mol. The molecule has 0 aliphatic carbocycles. The van der Waals surface area contributed by atoms with E-state index in [9.17, 15) is 4.79 Å². The van der Waals surface area contributed by atoms with Gasteiger partial charge in [0.1, 0.15) is 5.69 Å². The maximum atomic E-state index is 12.0. The lowest BCUT2D eigenvalue weighted by molar-refractivity contribution is 0.0437. The van der Waals surface area contributed by atoms with Crippen molar-refractivity contribution in [2.45, 2.75) is 6.61 Å². The zero-order valence-electron chi connectivity index (χ0n) is 12.4. The average Bonchev–Trinajstić information content (AvgIpc) is 3.09. The summed E-state index contributed by atoms with van der Waals surface area (Å²) in [6.45, 7) is -0.0283. The van der Waals surface area contributed by atoms with E-state index in [1.807, 2.05) is 18.2 Å². The third kappa shape index (κ3) is 3.62. The van der Waals surface area contributed by atoms with Crippen molar-refractivity contribution < 1.29 is 14.1 Å². The summed E-state index contributed by atoms with van der Waals surface area (Å²) in [6.07, 6.45) is 0. The van der Waals surface area contributed by atoms with E-state index in [1.54, 1.807) is 42.5 Å². The Morgan fingerprint density at radius 3 is 2.54 bits per heavy atom. The Bertz CT molecular complexity index is 893. The van der Waals surface area contributed by atoms with E-state index in [2.05, 4.69) is 5.16 Å². The topological polar surface area (TPSA) is 76.1 Å². The van der Waals surface area contributed by atoms with Gasteiger partial charge in [-0.1, -0.05) is 28.9 Å². The number of rotatable bonds is 4. The minimum atomic E-state index is -0.496. The number of carbonyl (C=O) groups excluding carboxylic acids is 1. The van der Waals surface area contributed by atoms with Crippen LogP contribution in [0.2, 0.25) is 5.02 Å². The van der Waals surface area contributed by atoms with Crippen LogP contribution in [0.1, 0.15) is 21.7 Å². The molecule has 0 aliphatic rings. The van der Waals surface area contributed by atoms with Gasteiger partial charge in [-0.25, -0.2) is 4.79 Å². The number of halogens is 1. The molecule has 0 saturated carbocycles. The minimum Gasteiger partial charge on any atom is -0.454 e. The highest BCUT2D eigenvalue weighted by molar-refractivity contribution is 6.30. The summed E-state index contributed by atoms with van der Waals surface area (Å²) in [7, 11) is 0. The highest BCUT2D eigenvalue weighted by Crippen LogP contribution is 2.21. The number of ether oxygens (including phenoxy) is 1. The SMILES string of the molecule is N#Cc1ccc(C(=O)OCc2cc(-c3ccc(Cl)cc3)no2)cc1. The lowest BCUT2D eigenvalue weighted by Gasteiger charge is -2.02. The predicted octanol–water partition coefficient (Wildman–Crippen LogP) is 4.22. The second-order valence-electron chi connectivity index (χ2n) is 4.95. The maximum Gasteiger partial charge on any atom is 0.338 e. The van der Waals surface area contributed by atoms with Gasteiger partial charge in [-0.05, 0) is 36.4 Å². The Balaban J connectivity index is 1.63. The van der Waals surface area contributed by atoms with E-state index in [0.717, 1.165) is 5.56 Å². The molecule has 24 heavy (non-hydrogen) atoms. The van der Waals surface area contributed by atoms with Gasteiger partial charge < -0.3 is 9.26 Å². The largest absolute Gasteiger partial charge is 0.454 e. The molecule has 0 fully saturated rings. The van der Waals surface area contributed by atoms with Crippen molar-refractivity contribution in [2.24, 2.45) is 0 Å². The quantitative estimate of drug-likeness (QED) is 0.665. The van der Waals surface area contributed by atoms with Crippen molar-refractivity contribution >= 4 is 17.6 Å². The van der Waals surface area contributed by atoms with Gasteiger partial charge in [-0.2, -0.15) is 5.26 Å². The first kappa shape index (κ1) is 15.8. The van der Waals surface area contributed by atoms with Crippen LogP contribution in [0.15, 0.2) is 59.1 Å². The third-order valence-electron chi connectivity index (χ3n) is 3.29. The van der Waals surface area contributed by atoms with Gasteiger partial charge in [0, 0.05) is 16.7 Å². The van der Waals surface area contributed by atoms with E-state index >= 15 is 0 Å². The van der Waals surface area contributed by atoms with Gasteiger partial charge in [-0.15, -0.1) is 0 Å². The third-order valence-corrected chi connectivity index (χ3v) is 3.55. The van der Waals surface area contributed by atoms with Crippen LogP contribution in [0.3, 0.4) is 0 Å². The van der Waals surface area contributed by atoms with Crippen molar-refractivity contribution in [1.29, 1.82) is 5.26 Å². The van der Waals surface area contributed by atoms with Gasteiger partial charge in [0.05, 0.1) is 17.2 Å². The molecule has 3 rings (SSSR count). The van der Waals surface area contributed by atoms with Crippen molar-refractivity contribution in [2.75, 3.05) is 0 Å². The fourth-order valence-corrected chi connectivity index (χ4v) is 2.16. The molecular formula is C18H11ClN2O3. The van der Waals surface area contributed by atoms with Crippen LogP contribution in [-0.2, 0) is 11.3 Å². The zero-order valence-corrected chi connectivity index (χ0v) is 13.2. The molecule has 3 aromatic rings. The molecule has 0 aliphatic heterocycles. The first-order valence-corrected chi connectivity index (χ1v) is 7.42. The minimum absolute atomic E-state index is 0.0283. The fourth-order valence-electron chi connectivity index (χ4n) is 2.04. The summed E-state index contributed by atoms with van der Waals surface area (Å²) in [5, 5.41) is 13.3. The van der Waals surface area contributed by atoms with Crippen molar-refractivity contribution in [3.05, 3.63) is 76.5 Å². The molecule has 1 aromatic heterocycles. The highest BCUT2D eigenvalue weighted by atomic mass is 35.5. The molecule has 0 N–H and O–H groups in total. The van der Waals surface area contributed by atoms with E-state index in [0.29, 0.717) is 27.6 Å². The Labute approximate surface area is 143 Å². The molecule has 118 valence electrons. The monoisotopic (exact) mass is 338 g/mol. The van der Waals surface area contributed by atoms with Crippen molar-refractivity contribution in [3.8, 4) is 17.3 Å². The van der Waals surface area contributed by atoms with Gasteiger partial charge in [-0.3, -0.25) is 0 Å². The van der Waals surface area contributed by atoms with Crippen LogP contribution >= 0.6 is 11.6 Å². The second-order valence-corrected chi connectivity index (χ2v) is 5.39. The van der Waals surface area contributed by atoms with E-state index < -0.39 is 5.97 Å². The van der Waals surface area contributed by atoms with Crippen LogP contribution in [0.4, 0.5) is 0 Å². The van der Waals surface area contributed by atoms with Crippen LogP contribution in [0.5, 0.6) is 0 Å². The van der Waals surface area contributed by atoms with Crippen LogP contribution in [0, 0.1) is 11.3 Å². The average molecular weight is 339 g/mol. The molecule has 0 saturated heterocycles. The number of carbonyl (C=O) groups is 1. The zero-order chi connectivity index (χ0) is 16.9. The first-order chi connectivity index (χ1) is 11.7. The van der Waals surface area contributed by atoms with Crippen molar-refractivity contribution in [1.82, 2.24) is 5.16 Å². The smallest absolute Gasteiger partial charge is 0.338 e. The number of nitriles is 1. The number of hydrogen-bond acceptors (Lipinski definition) is 5. The summed E-state index contributed by atoms with van der Waals surface area (Å²) in [6, 6.07) is 17.1. The van der Waals surface area contributed by atoms with Gasteiger partial charge in [0.15, 0.2) is 12.4 Å². The Hall–Kier alpha value is -3.10. The molecule has 1 heterocycles. The molecule has 0 atom stereocenters. The Morgan fingerprint density at radius 2 is 1.88 bits per heavy atom. The number of hydrogen-bond donors (Lipinski definition) is 0. The normalized spacial score (nSPS) is 10.2. The molecule has 0 bridgehead atoms. The number of nitrogens with zero attached hydrogens (tertiary/aromatic N) is 2. The highest BCUT2D eigenvalue weighted by Gasteiger charge is 2.11.